The van der Waals surface area contributed by atoms with Crippen LogP contribution in [0.1, 0.15) is 26.3 Å². The SMILES string of the molecule is O=BCCc1ccc(OC2CN(C(=O)c3ccc(O)c(O)c3)C2)c(C(=O)O)c1O. The average Bonchev–Trinajstić information content (AvgIpc) is 2.65. The normalized spacial score (nSPS) is 13.4. The Morgan fingerprint density at radius 2 is 1.83 bits per heavy atom. The molecule has 1 aliphatic heterocycles. The quantitative estimate of drug-likeness (QED) is 0.404. The number of aromatic hydroxyl groups is 3. The standard InChI is InChI=1S/C19H18BNO8/c22-13-3-1-11(7-14(13)23)18(25)21-8-12(9-21)29-15-4-2-10(5-6-20-28)17(24)16(15)19(26)27/h1-4,7,12,22-24H,5-6,8-9H2,(H,26,27). The van der Waals surface area contributed by atoms with Crippen molar-refractivity contribution >= 4 is 19.0 Å². The molecule has 1 amide bonds. The molecule has 29 heavy (non-hydrogen) atoms. The number of likely N-dealkylation sites (tertiary alicyclic amines) is 1. The predicted octanol–water partition coefficient (Wildman–Crippen LogP) is 1.42. The van der Waals surface area contributed by atoms with Gasteiger partial charge in [0.2, 0.25) is 0 Å². The second kappa shape index (κ2) is 8.21. The van der Waals surface area contributed by atoms with Crippen molar-refractivity contribution in [2.75, 3.05) is 13.1 Å². The number of hydrogen-bond donors (Lipinski definition) is 4. The number of aryl methyl sites for hydroxylation is 1. The van der Waals surface area contributed by atoms with E-state index in [2.05, 4.69) is 0 Å². The summed E-state index contributed by atoms with van der Waals surface area (Å²) in [5.74, 6) is -2.93. The Morgan fingerprint density at radius 1 is 1.10 bits per heavy atom. The van der Waals surface area contributed by atoms with Gasteiger partial charge in [0, 0.05) is 0 Å². The molecule has 0 atom stereocenters. The topological polar surface area (TPSA) is 145 Å². The molecule has 9 nitrogen and oxygen atoms in total. The van der Waals surface area contributed by atoms with Crippen LogP contribution in [0.15, 0.2) is 30.3 Å². The number of carboxylic acids is 1. The van der Waals surface area contributed by atoms with Crippen molar-refractivity contribution in [3.8, 4) is 23.0 Å². The Balaban J connectivity index is 1.68. The van der Waals surface area contributed by atoms with Crippen LogP contribution in [0.25, 0.3) is 0 Å². The second-order valence-corrected chi connectivity index (χ2v) is 6.61. The van der Waals surface area contributed by atoms with Gasteiger partial charge >= 0.3 is 125 Å². The summed E-state index contributed by atoms with van der Waals surface area (Å²) in [5, 5.41) is 38.5. The number of aromatic carboxylic acids is 1. The average molecular weight is 399 g/mol. The van der Waals surface area contributed by atoms with Gasteiger partial charge in [-0.05, 0) is 18.2 Å². The molecule has 1 fully saturated rings. The van der Waals surface area contributed by atoms with E-state index in [0.717, 1.165) is 6.07 Å². The summed E-state index contributed by atoms with van der Waals surface area (Å²) < 4.78 is 16.2. The number of nitrogens with zero attached hydrogens (tertiary/aromatic N) is 1. The first-order valence-corrected chi connectivity index (χ1v) is 8.81. The fourth-order valence-electron chi connectivity index (χ4n) is 3.03. The number of phenols is 3. The van der Waals surface area contributed by atoms with Gasteiger partial charge in [0.15, 0.2) is 11.5 Å². The molecule has 2 aromatic rings. The van der Waals surface area contributed by atoms with E-state index in [1.807, 2.05) is 0 Å². The van der Waals surface area contributed by atoms with Crippen LogP contribution in [0.3, 0.4) is 0 Å². The zero-order valence-corrected chi connectivity index (χ0v) is 15.2. The number of hydrogen-bond acceptors (Lipinski definition) is 7. The molecule has 0 aliphatic carbocycles. The number of phenolic OH excluding ortho intramolecular Hbond substituents is 2. The van der Waals surface area contributed by atoms with Gasteiger partial charge in [-0.2, -0.15) is 0 Å². The van der Waals surface area contributed by atoms with Crippen molar-refractivity contribution in [3.63, 3.8) is 0 Å². The van der Waals surface area contributed by atoms with Crippen molar-refractivity contribution < 1.29 is 39.5 Å². The third kappa shape index (κ3) is 4.15. The van der Waals surface area contributed by atoms with Gasteiger partial charge in [0.1, 0.15) is 0 Å². The number of carbonyl (C=O) groups is 2. The monoisotopic (exact) mass is 399 g/mol. The summed E-state index contributed by atoms with van der Waals surface area (Å²) in [6, 6.07) is 6.67. The molecular weight excluding hydrogens is 381 g/mol. The van der Waals surface area contributed by atoms with Gasteiger partial charge in [0.25, 0.3) is 0 Å². The molecule has 10 heteroatoms. The Kier molecular flexibility index (Phi) is 5.72. The zero-order chi connectivity index (χ0) is 21.1. The molecule has 0 radical (unpaired) electrons. The van der Waals surface area contributed by atoms with E-state index in [9.17, 15) is 34.7 Å². The molecule has 1 saturated heterocycles. The maximum atomic E-state index is 12.4. The van der Waals surface area contributed by atoms with Crippen LogP contribution in [-0.2, 0) is 11.1 Å². The van der Waals surface area contributed by atoms with Gasteiger partial charge in [-0.25, -0.2) is 0 Å². The minimum absolute atomic E-state index is 0.0239. The van der Waals surface area contributed by atoms with Crippen molar-refractivity contribution in [1.29, 1.82) is 0 Å². The maximum absolute atomic E-state index is 12.4. The molecule has 0 unspecified atom stereocenters. The number of rotatable bonds is 7. The Labute approximate surface area is 166 Å². The molecule has 150 valence electrons. The fourth-order valence-corrected chi connectivity index (χ4v) is 3.03. The summed E-state index contributed by atoms with van der Waals surface area (Å²) in [4.78, 5) is 25.4. The minimum atomic E-state index is -1.36. The molecule has 0 aromatic heterocycles. The molecule has 1 aliphatic rings. The third-order valence-corrected chi connectivity index (χ3v) is 4.62. The van der Waals surface area contributed by atoms with E-state index < -0.39 is 23.6 Å². The number of carbonyl (C=O) groups excluding carboxylic acids is 1. The molecule has 0 saturated carbocycles. The van der Waals surface area contributed by atoms with Crippen LogP contribution in [-0.4, -0.2) is 63.5 Å². The Bertz CT molecular complexity index is 971. The second-order valence-electron chi connectivity index (χ2n) is 6.61. The van der Waals surface area contributed by atoms with Crippen molar-refractivity contribution in [3.05, 3.63) is 47.0 Å². The third-order valence-electron chi connectivity index (χ3n) is 4.62. The number of carboxylic acid groups (broad SMARTS) is 1. The van der Waals surface area contributed by atoms with E-state index in [1.54, 1.807) is 0 Å². The molecule has 4 N–H and O–H groups in total. The van der Waals surface area contributed by atoms with Crippen molar-refractivity contribution in [2.45, 2.75) is 18.8 Å². The van der Waals surface area contributed by atoms with Crippen molar-refractivity contribution in [2.24, 2.45) is 0 Å². The number of benzene rings is 2. The van der Waals surface area contributed by atoms with E-state index in [0.29, 0.717) is 12.7 Å². The van der Waals surface area contributed by atoms with Gasteiger partial charge in [-0.15, -0.1) is 0 Å². The molecule has 0 bridgehead atoms. The zero-order valence-electron chi connectivity index (χ0n) is 15.2. The van der Waals surface area contributed by atoms with Crippen LogP contribution >= 0.6 is 0 Å². The summed E-state index contributed by atoms with van der Waals surface area (Å²) in [5.41, 5.74) is 0.142. The summed E-state index contributed by atoms with van der Waals surface area (Å²) in [6.45, 7) is 0.375. The van der Waals surface area contributed by atoms with Gasteiger partial charge in [-0.1, -0.05) is 0 Å². The number of ether oxygens (including phenoxy) is 1. The predicted molar refractivity (Wildman–Crippen MR) is 100 cm³/mol. The van der Waals surface area contributed by atoms with Crippen LogP contribution in [0, 0.1) is 0 Å². The van der Waals surface area contributed by atoms with Crippen LogP contribution in [0.4, 0.5) is 0 Å². The molecule has 2 aromatic carbocycles. The van der Waals surface area contributed by atoms with E-state index in [-0.39, 0.29) is 54.4 Å². The van der Waals surface area contributed by atoms with E-state index in [4.69, 9.17) is 4.74 Å². The first-order chi connectivity index (χ1) is 13.8. The van der Waals surface area contributed by atoms with Crippen molar-refractivity contribution in [1.82, 2.24) is 4.90 Å². The number of amides is 1. The van der Waals surface area contributed by atoms with Crippen LogP contribution in [0.5, 0.6) is 23.0 Å². The van der Waals surface area contributed by atoms with Gasteiger partial charge in [0.05, 0.1) is 0 Å². The first kappa shape index (κ1) is 20.2. The summed E-state index contributed by atoms with van der Waals surface area (Å²) in [6.07, 6.45) is -0.108. The van der Waals surface area contributed by atoms with E-state index in [1.165, 1.54) is 29.2 Å². The Morgan fingerprint density at radius 3 is 2.45 bits per heavy atom. The van der Waals surface area contributed by atoms with Gasteiger partial charge in [-0.3, -0.25) is 0 Å². The summed E-state index contributed by atoms with van der Waals surface area (Å²) in [7, 11) is 0.679. The van der Waals surface area contributed by atoms with Crippen LogP contribution in [0.2, 0.25) is 6.32 Å². The molecule has 3 rings (SSSR count). The molecular formula is C19H18BNO8. The molecule has 0 spiro atoms. The van der Waals surface area contributed by atoms with Gasteiger partial charge < -0.3 is 10.2 Å². The van der Waals surface area contributed by atoms with E-state index >= 15 is 0 Å². The van der Waals surface area contributed by atoms with Crippen LogP contribution < -0.4 is 4.74 Å². The Hall–Kier alpha value is -3.56. The molecule has 1 heterocycles. The first-order valence-electron chi connectivity index (χ1n) is 8.81. The fraction of sp³-hybridized carbons (Fsp3) is 0.263. The summed E-state index contributed by atoms with van der Waals surface area (Å²) >= 11 is 0.